The number of esters is 1. The van der Waals surface area contributed by atoms with Crippen LogP contribution in [0.5, 0.6) is 0 Å². The Morgan fingerprint density at radius 2 is 2.05 bits per heavy atom. The monoisotopic (exact) mass is 319 g/mol. The predicted octanol–water partition coefficient (Wildman–Crippen LogP) is 0.450. The second-order valence-electron chi connectivity index (χ2n) is 3.24. The maximum Gasteiger partial charge on any atom is 0.443 e. The number of nitrogens with one attached hydrogen (secondary N) is 1. The van der Waals surface area contributed by atoms with Gasteiger partial charge in [-0.3, -0.25) is 0 Å². The predicted molar refractivity (Wildman–Crippen MR) is 57.7 cm³/mol. The van der Waals surface area contributed by atoms with E-state index < -0.39 is 32.1 Å². The molecular formula is C8H8F3NO5S2. The van der Waals surface area contributed by atoms with Crippen molar-refractivity contribution in [1.82, 2.24) is 4.72 Å². The van der Waals surface area contributed by atoms with Gasteiger partial charge >= 0.3 is 17.9 Å². The Hall–Kier alpha value is -1.17. The maximum atomic E-state index is 12.6. The summed E-state index contributed by atoms with van der Waals surface area (Å²) in [5.41, 5.74) is -4.34. The van der Waals surface area contributed by atoms with Gasteiger partial charge in [-0.15, -0.1) is 11.3 Å². The highest BCUT2D eigenvalue weighted by Crippen LogP contribution is 2.31. The van der Waals surface area contributed by atoms with Crippen molar-refractivity contribution in [1.29, 1.82) is 0 Å². The van der Waals surface area contributed by atoms with Crippen LogP contribution in [0.15, 0.2) is 21.7 Å². The van der Waals surface area contributed by atoms with Crippen LogP contribution in [0, 0.1) is 0 Å². The molecule has 2 N–H and O–H groups in total. The second-order valence-corrected chi connectivity index (χ2v) is 6.09. The van der Waals surface area contributed by atoms with E-state index in [0.29, 0.717) is 18.4 Å². The number of thiophene rings is 1. The number of hydrogen-bond donors (Lipinski definition) is 2. The first-order valence-electron chi connectivity index (χ1n) is 4.49. The number of hydrogen-bond acceptors (Lipinski definition) is 6. The second kappa shape index (κ2) is 5.07. The summed E-state index contributed by atoms with van der Waals surface area (Å²) in [6, 6.07) is 2.30. The summed E-state index contributed by atoms with van der Waals surface area (Å²) < 4.78 is 65.3. The number of carbonyl (C=O) groups excluding carboxylic acids is 1. The van der Waals surface area contributed by atoms with Gasteiger partial charge in [-0.1, -0.05) is 6.07 Å². The van der Waals surface area contributed by atoms with Crippen molar-refractivity contribution in [3.63, 3.8) is 0 Å². The number of ether oxygens (including phenoxy) is 1. The van der Waals surface area contributed by atoms with Crippen LogP contribution in [0.25, 0.3) is 0 Å². The Balaban J connectivity index is 3.21. The van der Waals surface area contributed by atoms with Gasteiger partial charge in [0.15, 0.2) is 0 Å². The lowest BCUT2D eigenvalue weighted by atomic mass is 10.2. The van der Waals surface area contributed by atoms with Crippen LogP contribution in [-0.4, -0.2) is 38.5 Å². The molecule has 108 valence electrons. The van der Waals surface area contributed by atoms with Crippen molar-refractivity contribution in [3.05, 3.63) is 17.5 Å². The van der Waals surface area contributed by atoms with Crippen molar-refractivity contribution >= 4 is 27.3 Å². The van der Waals surface area contributed by atoms with Crippen LogP contribution >= 0.6 is 11.3 Å². The van der Waals surface area contributed by atoms with Crippen molar-refractivity contribution in [3.8, 4) is 0 Å². The molecule has 1 aromatic heterocycles. The SMILES string of the molecule is COC(=O)C(O)(NS(=O)(=O)c1cccs1)C(F)(F)F. The Kier molecular flexibility index (Phi) is 4.24. The number of sulfonamides is 1. The van der Waals surface area contributed by atoms with Crippen molar-refractivity contribution in [2.45, 2.75) is 16.1 Å². The molecule has 0 saturated carbocycles. The van der Waals surface area contributed by atoms with Crippen molar-refractivity contribution < 1.29 is 36.2 Å². The van der Waals surface area contributed by atoms with Crippen LogP contribution in [0.1, 0.15) is 0 Å². The van der Waals surface area contributed by atoms with Gasteiger partial charge in [0.1, 0.15) is 4.21 Å². The molecule has 1 unspecified atom stereocenters. The third-order valence-electron chi connectivity index (χ3n) is 1.93. The Morgan fingerprint density at radius 3 is 2.42 bits per heavy atom. The molecule has 6 nitrogen and oxygen atoms in total. The zero-order valence-electron chi connectivity index (χ0n) is 9.26. The molecule has 0 aliphatic carbocycles. The van der Waals surface area contributed by atoms with Crippen LogP contribution in [0.2, 0.25) is 0 Å². The summed E-state index contributed by atoms with van der Waals surface area (Å²) in [4.78, 5) is 11.0. The van der Waals surface area contributed by atoms with Crippen LogP contribution in [0.3, 0.4) is 0 Å². The molecule has 0 saturated heterocycles. The van der Waals surface area contributed by atoms with E-state index in [1.165, 1.54) is 11.4 Å². The van der Waals surface area contributed by atoms with Crippen LogP contribution in [0.4, 0.5) is 13.2 Å². The fourth-order valence-electron chi connectivity index (χ4n) is 1.02. The van der Waals surface area contributed by atoms with Crippen LogP contribution in [-0.2, 0) is 19.6 Å². The maximum absolute atomic E-state index is 12.6. The molecule has 0 fully saturated rings. The fourth-order valence-corrected chi connectivity index (χ4v) is 3.22. The first-order valence-corrected chi connectivity index (χ1v) is 6.86. The molecule has 1 aromatic rings. The molecule has 0 amide bonds. The first kappa shape index (κ1) is 15.9. The van der Waals surface area contributed by atoms with Crippen molar-refractivity contribution in [2.24, 2.45) is 0 Å². The fraction of sp³-hybridized carbons (Fsp3) is 0.375. The van der Waals surface area contributed by atoms with Gasteiger partial charge in [-0.25, -0.2) is 13.2 Å². The topological polar surface area (TPSA) is 92.7 Å². The standard InChI is InChI=1S/C8H8F3NO5S2/c1-17-6(13)7(14,8(9,10)11)12-19(15,16)5-3-2-4-18-5/h2-4,12,14H,1H3. The van der Waals surface area contributed by atoms with Gasteiger partial charge in [0, 0.05) is 0 Å². The number of rotatable bonds is 4. The highest BCUT2D eigenvalue weighted by atomic mass is 32.2. The zero-order valence-corrected chi connectivity index (χ0v) is 10.9. The Morgan fingerprint density at radius 1 is 1.47 bits per heavy atom. The lowest BCUT2D eigenvalue weighted by molar-refractivity contribution is -0.265. The van der Waals surface area contributed by atoms with E-state index in [-0.39, 0.29) is 0 Å². The lowest BCUT2D eigenvalue weighted by Gasteiger charge is -2.27. The van der Waals surface area contributed by atoms with Gasteiger partial charge in [-0.2, -0.15) is 17.9 Å². The number of methoxy groups -OCH3 is 1. The minimum atomic E-state index is -5.58. The minimum absolute atomic E-state index is 0.487. The normalized spacial score (nSPS) is 15.8. The molecule has 0 spiro atoms. The van der Waals surface area contributed by atoms with Gasteiger partial charge in [-0.05, 0) is 11.4 Å². The summed E-state index contributed by atoms with van der Waals surface area (Å²) in [6.45, 7) is 0. The van der Waals surface area contributed by atoms with E-state index in [1.54, 1.807) is 0 Å². The first-order chi connectivity index (χ1) is 8.54. The Bertz CT molecular complexity index is 553. The van der Waals surface area contributed by atoms with E-state index in [2.05, 4.69) is 4.74 Å². The van der Waals surface area contributed by atoms with Crippen molar-refractivity contribution in [2.75, 3.05) is 7.11 Å². The van der Waals surface area contributed by atoms with Gasteiger partial charge in [0.05, 0.1) is 7.11 Å². The number of alkyl halides is 3. The summed E-state index contributed by atoms with van der Waals surface area (Å²) in [7, 11) is -4.13. The summed E-state index contributed by atoms with van der Waals surface area (Å²) in [5.74, 6) is -2.18. The summed E-state index contributed by atoms with van der Waals surface area (Å²) in [6.07, 6.45) is -5.58. The lowest BCUT2D eigenvalue weighted by Crippen LogP contribution is -2.64. The Labute approximate surface area is 109 Å². The van der Waals surface area contributed by atoms with Gasteiger partial charge in [0.25, 0.3) is 10.0 Å². The zero-order chi connectivity index (χ0) is 14.9. The van der Waals surface area contributed by atoms with E-state index in [4.69, 9.17) is 0 Å². The molecule has 0 bridgehead atoms. The van der Waals surface area contributed by atoms with E-state index >= 15 is 0 Å². The third kappa shape index (κ3) is 3.05. The van der Waals surface area contributed by atoms with Gasteiger partial charge in [0.2, 0.25) is 0 Å². The quantitative estimate of drug-likeness (QED) is 0.621. The molecular weight excluding hydrogens is 311 g/mol. The average molecular weight is 319 g/mol. The molecule has 0 aromatic carbocycles. The molecule has 11 heteroatoms. The van der Waals surface area contributed by atoms with Gasteiger partial charge < -0.3 is 9.84 Å². The number of carbonyl (C=O) groups is 1. The summed E-state index contributed by atoms with van der Waals surface area (Å²) >= 11 is 0.619. The molecule has 0 aliphatic heterocycles. The summed E-state index contributed by atoms with van der Waals surface area (Å²) in [5, 5.41) is 10.6. The molecule has 1 rings (SSSR count). The smallest absolute Gasteiger partial charge is 0.443 e. The van der Waals surface area contributed by atoms with E-state index in [1.807, 2.05) is 0 Å². The minimum Gasteiger partial charge on any atom is -0.466 e. The van der Waals surface area contributed by atoms with E-state index in [0.717, 1.165) is 10.8 Å². The molecule has 1 heterocycles. The number of halogens is 3. The largest absolute Gasteiger partial charge is 0.466 e. The number of aliphatic hydroxyl groups is 1. The van der Waals surface area contributed by atoms with E-state index in [9.17, 15) is 31.5 Å². The third-order valence-corrected chi connectivity index (χ3v) is 4.77. The molecule has 1 atom stereocenters. The molecule has 19 heavy (non-hydrogen) atoms. The highest BCUT2D eigenvalue weighted by molar-refractivity contribution is 7.91. The molecule has 0 aliphatic rings. The molecule has 0 radical (unpaired) electrons. The van der Waals surface area contributed by atoms with Crippen LogP contribution < -0.4 is 4.72 Å². The average Bonchev–Trinajstić information content (AvgIpc) is 2.79. The highest BCUT2D eigenvalue weighted by Gasteiger charge is 2.63.